The Hall–Kier alpha value is -1.32. The summed E-state index contributed by atoms with van der Waals surface area (Å²) in [5, 5.41) is 1.05. The Balaban J connectivity index is 2.40. The van der Waals surface area contributed by atoms with E-state index in [1.54, 1.807) is 13.0 Å². The summed E-state index contributed by atoms with van der Waals surface area (Å²) in [6.45, 7) is 5.63. The predicted molar refractivity (Wildman–Crippen MR) is 72.8 cm³/mol. The van der Waals surface area contributed by atoms with E-state index in [9.17, 15) is 0 Å². The molecule has 0 atom stereocenters. The third-order valence-corrected chi connectivity index (χ3v) is 2.83. The summed E-state index contributed by atoms with van der Waals surface area (Å²) < 4.78 is 5.76. The van der Waals surface area contributed by atoms with E-state index in [4.69, 9.17) is 27.9 Å². The van der Waals surface area contributed by atoms with Crippen molar-refractivity contribution in [1.29, 1.82) is 0 Å². The fourth-order valence-electron chi connectivity index (χ4n) is 1.72. The fourth-order valence-corrected chi connectivity index (χ4v) is 2.26. The summed E-state index contributed by atoms with van der Waals surface area (Å²) in [5.74, 6) is 1.75. The van der Waals surface area contributed by atoms with Crippen LogP contribution in [0.25, 0.3) is 0 Å². The average molecular weight is 283 g/mol. The molecule has 2 aromatic rings. The topological polar surface area (TPSA) is 35.0 Å². The number of rotatable bonds is 2. The molecule has 0 radical (unpaired) electrons. The van der Waals surface area contributed by atoms with Gasteiger partial charge in [-0.25, -0.2) is 4.98 Å². The molecule has 5 heteroatoms. The summed E-state index contributed by atoms with van der Waals surface area (Å²) >= 11 is 11.8. The van der Waals surface area contributed by atoms with E-state index >= 15 is 0 Å². The first-order valence-electron chi connectivity index (χ1n) is 5.41. The lowest BCUT2D eigenvalue weighted by atomic mass is 10.1. The van der Waals surface area contributed by atoms with Gasteiger partial charge in [0.15, 0.2) is 0 Å². The summed E-state index contributed by atoms with van der Waals surface area (Å²) in [6, 6.07) is 5.28. The summed E-state index contributed by atoms with van der Waals surface area (Å²) in [4.78, 5) is 8.17. The van der Waals surface area contributed by atoms with E-state index in [0.717, 1.165) is 16.9 Å². The molecule has 0 amide bonds. The second-order valence-electron chi connectivity index (χ2n) is 4.05. The lowest BCUT2D eigenvalue weighted by Gasteiger charge is -2.11. The highest BCUT2D eigenvalue weighted by molar-refractivity contribution is 6.30. The second-order valence-corrected chi connectivity index (χ2v) is 4.87. The van der Waals surface area contributed by atoms with Gasteiger partial charge in [-0.1, -0.05) is 23.2 Å². The molecule has 2 rings (SSSR count). The molecule has 0 bridgehead atoms. The van der Waals surface area contributed by atoms with E-state index in [-0.39, 0.29) is 0 Å². The van der Waals surface area contributed by atoms with Crippen molar-refractivity contribution in [3.05, 3.63) is 45.3 Å². The molecule has 0 aliphatic heterocycles. The van der Waals surface area contributed by atoms with Crippen LogP contribution in [0.15, 0.2) is 18.2 Å². The van der Waals surface area contributed by atoms with Crippen LogP contribution in [0.5, 0.6) is 11.6 Å². The molecule has 0 aliphatic carbocycles. The maximum Gasteiger partial charge on any atom is 0.224 e. The summed E-state index contributed by atoms with van der Waals surface area (Å²) in [6.07, 6.45) is 0. The molecule has 1 heterocycles. The molecule has 3 nitrogen and oxygen atoms in total. The number of aryl methyl sites for hydroxylation is 3. The molecule has 1 aromatic heterocycles. The number of halogens is 2. The quantitative estimate of drug-likeness (QED) is 0.761. The van der Waals surface area contributed by atoms with Crippen LogP contribution in [0.4, 0.5) is 0 Å². The number of hydrogen-bond acceptors (Lipinski definition) is 3. The zero-order valence-corrected chi connectivity index (χ0v) is 11.8. The number of aromatic nitrogens is 2. The van der Waals surface area contributed by atoms with Crippen LogP contribution < -0.4 is 4.74 Å². The smallest absolute Gasteiger partial charge is 0.224 e. The van der Waals surface area contributed by atoms with Crippen molar-refractivity contribution in [1.82, 2.24) is 9.97 Å². The SMILES string of the molecule is Cc1nc(Cl)cc(Oc2c(C)cc(Cl)cc2C)n1. The first-order chi connectivity index (χ1) is 8.45. The minimum atomic E-state index is 0.363. The molecule has 0 N–H and O–H groups in total. The van der Waals surface area contributed by atoms with Gasteiger partial charge in [0.05, 0.1) is 0 Å². The second kappa shape index (κ2) is 5.12. The highest BCUT2D eigenvalue weighted by Gasteiger charge is 2.09. The molecule has 94 valence electrons. The zero-order chi connectivity index (χ0) is 13.3. The molecular weight excluding hydrogens is 271 g/mol. The Kier molecular flexibility index (Phi) is 3.73. The van der Waals surface area contributed by atoms with Crippen LogP contribution in [0, 0.1) is 20.8 Å². The highest BCUT2D eigenvalue weighted by atomic mass is 35.5. The zero-order valence-electron chi connectivity index (χ0n) is 10.3. The Morgan fingerprint density at radius 3 is 2.11 bits per heavy atom. The molecule has 0 fully saturated rings. The van der Waals surface area contributed by atoms with Crippen molar-refractivity contribution < 1.29 is 4.74 Å². The van der Waals surface area contributed by atoms with Gasteiger partial charge in [-0.05, 0) is 44.0 Å². The van der Waals surface area contributed by atoms with E-state index in [2.05, 4.69) is 9.97 Å². The van der Waals surface area contributed by atoms with E-state index in [0.29, 0.717) is 21.9 Å². The van der Waals surface area contributed by atoms with E-state index in [1.165, 1.54) is 0 Å². The molecule has 0 saturated carbocycles. The van der Waals surface area contributed by atoms with Gasteiger partial charge < -0.3 is 4.74 Å². The van der Waals surface area contributed by atoms with Gasteiger partial charge in [-0.2, -0.15) is 4.98 Å². The van der Waals surface area contributed by atoms with Crippen LogP contribution in [0.2, 0.25) is 10.2 Å². The highest BCUT2D eigenvalue weighted by Crippen LogP contribution is 2.31. The predicted octanol–water partition coefficient (Wildman–Crippen LogP) is 4.50. The normalized spacial score (nSPS) is 10.5. The van der Waals surface area contributed by atoms with Crippen molar-refractivity contribution in [2.75, 3.05) is 0 Å². The number of ether oxygens (including phenoxy) is 1. The molecule has 1 aromatic carbocycles. The van der Waals surface area contributed by atoms with Gasteiger partial charge in [-0.15, -0.1) is 0 Å². The Bertz CT molecular complexity index is 556. The maximum atomic E-state index is 5.97. The number of hydrogen-bond donors (Lipinski definition) is 0. The molecule has 0 aliphatic rings. The van der Waals surface area contributed by atoms with Gasteiger partial charge in [0.2, 0.25) is 5.88 Å². The van der Waals surface area contributed by atoms with Crippen LogP contribution in [0.1, 0.15) is 17.0 Å². The van der Waals surface area contributed by atoms with Crippen molar-refractivity contribution in [2.24, 2.45) is 0 Å². The minimum absolute atomic E-state index is 0.363. The lowest BCUT2D eigenvalue weighted by Crippen LogP contribution is -1.96. The third-order valence-electron chi connectivity index (χ3n) is 2.41. The van der Waals surface area contributed by atoms with Crippen LogP contribution in [-0.4, -0.2) is 9.97 Å². The fraction of sp³-hybridized carbons (Fsp3) is 0.231. The van der Waals surface area contributed by atoms with Crippen LogP contribution in [0.3, 0.4) is 0 Å². The van der Waals surface area contributed by atoms with Crippen LogP contribution >= 0.6 is 23.2 Å². The Morgan fingerprint density at radius 1 is 0.944 bits per heavy atom. The number of benzene rings is 1. The minimum Gasteiger partial charge on any atom is -0.438 e. The van der Waals surface area contributed by atoms with Crippen molar-refractivity contribution in [2.45, 2.75) is 20.8 Å². The van der Waals surface area contributed by atoms with E-state index < -0.39 is 0 Å². The summed E-state index contributed by atoms with van der Waals surface area (Å²) in [7, 11) is 0. The number of nitrogens with zero attached hydrogens (tertiary/aromatic N) is 2. The van der Waals surface area contributed by atoms with Crippen molar-refractivity contribution in [3.8, 4) is 11.6 Å². The van der Waals surface area contributed by atoms with Crippen molar-refractivity contribution in [3.63, 3.8) is 0 Å². The van der Waals surface area contributed by atoms with Gasteiger partial charge in [0.1, 0.15) is 16.7 Å². The molecule has 0 saturated heterocycles. The van der Waals surface area contributed by atoms with Gasteiger partial charge in [-0.3, -0.25) is 0 Å². The molecule has 0 unspecified atom stereocenters. The van der Waals surface area contributed by atoms with Gasteiger partial charge >= 0.3 is 0 Å². The third kappa shape index (κ3) is 2.92. The van der Waals surface area contributed by atoms with Gasteiger partial charge in [0, 0.05) is 11.1 Å². The summed E-state index contributed by atoms with van der Waals surface area (Å²) in [5.41, 5.74) is 1.90. The maximum absolute atomic E-state index is 5.97. The van der Waals surface area contributed by atoms with Crippen molar-refractivity contribution >= 4 is 23.2 Å². The first kappa shape index (κ1) is 13.1. The Morgan fingerprint density at radius 2 is 1.56 bits per heavy atom. The largest absolute Gasteiger partial charge is 0.438 e. The van der Waals surface area contributed by atoms with Gasteiger partial charge in [0.25, 0.3) is 0 Å². The van der Waals surface area contributed by atoms with Crippen LogP contribution in [-0.2, 0) is 0 Å². The van der Waals surface area contributed by atoms with E-state index in [1.807, 2.05) is 26.0 Å². The Labute approximate surface area is 116 Å². The first-order valence-corrected chi connectivity index (χ1v) is 6.17. The monoisotopic (exact) mass is 282 g/mol. The molecule has 0 spiro atoms. The lowest BCUT2D eigenvalue weighted by molar-refractivity contribution is 0.453. The average Bonchev–Trinajstić information content (AvgIpc) is 2.22. The standard InChI is InChI=1S/C13H12Cl2N2O/c1-7-4-10(14)5-8(2)13(7)18-12-6-11(15)16-9(3)17-12/h4-6H,1-3H3. The molecular formula is C13H12Cl2N2O. The molecule has 18 heavy (non-hydrogen) atoms.